The summed E-state index contributed by atoms with van der Waals surface area (Å²) in [5.74, 6) is 4.34. The van der Waals surface area contributed by atoms with Crippen LogP contribution < -0.4 is 15.5 Å². The summed E-state index contributed by atoms with van der Waals surface area (Å²) >= 11 is 0. The summed E-state index contributed by atoms with van der Waals surface area (Å²) in [4.78, 5) is 56.1. The third-order valence-electron chi connectivity index (χ3n) is 10.1. The molecule has 4 aromatic carbocycles. The van der Waals surface area contributed by atoms with Gasteiger partial charge in [-0.3, -0.25) is 34.5 Å². The number of nitrogens with zero attached hydrogens (tertiary/aromatic N) is 4. The SMILES string of the molecule is O=C1CCC(N2Cc3cc(C#CCN4CCN(c5ccc(C(=O)Nc6n[nH]c7ccc(Cc8cc(F)cc(F)c8)cc67)cc5)CC4)ccc3C2=O)C(=O)N1. The molecule has 1 atom stereocenters. The number of aromatic amines is 1. The van der Waals surface area contributed by atoms with Crippen molar-refractivity contribution in [3.05, 3.63) is 124 Å². The van der Waals surface area contributed by atoms with Crippen molar-refractivity contribution in [2.75, 3.05) is 42.9 Å². The molecule has 0 saturated carbocycles. The van der Waals surface area contributed by atoms with Crippen molar-refractivity contribution < 1.29 is 28.0 Å². The van der Waals surface area contributed by atoms with Gasteiger partial charge in [-0.15, -0.1) is 0 Å². The molecule has 13 heteroatoms. The van der Waals surface area contributed by atoms with Crippen molar-refractivity contribution >= 4 is 46.0 Å². The molecule has 54 heavy (non-hydrogen) atoms. The molecule has 0 aliphatic carbocycles. The van der Waals surface area contributed by atoms with Gasteiger partial charge in [-0.2, -0.15) is 5.10 Å². The Kier molecular flexibility index (Phi) is 9.35. The van der Waals surface area contributed by atoms with Crippen LogP contribution in [0, 0.1) is 23.5 Å². The van der Waals surface area contributed by atoms with E-state index in [2.05, 4.69) is 42.5 Å². The Bertz CT molecular complexity index is 2350. The number of benzene rings is 4. The van der Waals surface area contributed by atoms with Crippen LogP contribution in [0.3, 0.4) is 0 Å². The molecular formula is C41H35F2N7O4. The standard InChI is InChI=1S/C41H35F2N7O4/c42-30-20-27(21-31(43)23-30)18-26-4-10-35-34(22-26)38(47-46-35)45-39(52)28-5-7-32(8-6-28)49-16-14-48(15-17-49)13-1-2-25-3-9-33-29(19-25)24-50(41(33)54)36-11-12-37(51)44-40(36)53/h3-10,19-23,36H,11-18,24H2,(H,44,51,53)(H2,45,46,47,52). The van der Waals surface area contributed by atoms with E-state index in [4.69, 9.17) is 0 Å². The van der Waals surface area contributed by atoms with Crippen molar-refractivity contribution in [2.24, 2.45) is 0 Å². The van der Waals surface area contributed by atoms with Gasteiger partial charge in [0.05, 0.1) is 12.1 Å². The molecule has 11 nitrogen and oxygen atoms in total. The number of halogens is 2. The molecule has 0 bridgehead atoms. The minimum Gasteiger partial charge on any atom is -0.369 e. The highest BCUT2D eigenvalue weighted by atomic mass is 19.1. The van der Waals surface area contributed by atoms with Crippen LogP contribution in [0.2, 0.25) is 0 Å². The fourth-order valence-electron chi connectivity index (χ4n) is 7.29. The lowest BCUT2D eigenvalue weighted by Crippen LogP contribution is -2.52. The maximum atomic E-state index is 13.7. The number of piperazine rings is 1. The van der Waals surface area contributed by atoms with Crippen LogP contribution in [0.4, 0.5) is 20.3 Å². The molecular weight excluding hydrogens is 692 g/mol. The van der Waals surface area contributed by atoms with E-state index in [0.29, 0.717) is 53.8 Å². The van der Waals surface area contributed by atoms with Gasteiger partial charge in [-0.05, 0) is 96.3 Å². The second-order valence-electron chi connectivity index (χ2n) is 13.7. The van der Waals surface area contributed by atoms with Gasteiger partial charge < -0.3 is 15.1 Å². The molecule has 272 valence electrons. The summed E-state index contributed by atoms with van der Waals surface area (Å²) in [5.41, 5.74) is 5.74. The van der Waals surface area contributed by atoms with E-state index in [1.165, 1.54) is 17.0 Å². The van der Waals surface area contributed by atoms with Gasteiger partial charge in [0.15, 0.2) is 5.82 Å². The van der Waals surface area contributed by atoms with Crippen LogP contribution in [0.1, 0.15) is 55.8 Å². The third kappa shape index (κ3) is 7.29. The predicted molar refractivity (Wildman–Crippen MR) is 198 cm³/mol. The summed E-state index contributed by atoms with van der Waals surface area (Å²) in [7, 11) is 0. The highest BCUT2D eigenvalue weighted by Gasteiger charge is 2.39. The van der Waals surface area contributed by atoms with Gasteiger partial charge in [0.1, 0.15) is 17.7 Å². The zero-order chi connectivity index (χ0) is 37.3. The molecule has 3 N–H and O–H groups in total. The summed E-state index contributed by atoms with van der Waals surface area (Å²) in [6.07, 6.45) is 0.865. The topological polar surface area (TPSA) is 131 Å². The molecule has 2 fully saturated rings. The molecule has 4 amide bonds. The lowest BCUT2D eigenvalue weighted by molar-refractivity contribution is -0.136. The largest absolute Gasteiger partial charge is 0.369 e. The number of aromatic nitrogens is 2. The summed E-state index contributed by atoms with van der Waals surface area (Å²) in [6.45, 7) is 4.15. The zero-order valence-corrected chi connectivity index (χ0v) is 29.1. The predicted octanol–water partition coefficient (Wildman–Crippen LogP) is 4.62. The third-order valence-corrected chi connectivity index (χ3v) is 10.1. The minimum absolute atomic E-state index is 0.201. The van der Waals surface area contributed by atoms with Crippen LogP contribution in [0.25, 0.3) is 10.9 Å². The second kappa shape index (κ2) is 14.6. The fourth-order valence-corrected chi connectivity index (χ4v) is 7.29. The first kappa shape index (κ1) is 34.7. The van der Waals surface area contributed by atoms with Crippen molar-refractivity contribution in [1.29, 1.82) is 0 Å². The maximum absolute atomic E-state index is 13.7. The van der Waals surface area contributed by atoms with E-state index in [-0.39, 0.29) is 24.1 Å². The number of hydrogen-bond donors (Lipinski definition) is 3. The van der Waals surface area contributed by atoms with Crippen LogP contribution >= 0.6 is 0 Å². The fraction of sp³-hybridized carbons (Fsp3) is 0.244. The normalized spacial score (nSPS) is 17.3. The first-order valence-corrected chi connectivity index (χ1v) is 17.7. The molecule has 3 aliphatic heterocycles. The molecule has 3 aliphatic rings. The number of carbonyl (C=O) groups excluding carboxylic acids is 4. The highest BCUT2D eigenvalue weighted by molar-refractivity contribution is 6.08. The number of fused-ring (bicyclic) bond motifs is 2. The van der Waals surface area contributed by atoms with Gasteiger partial charge in [0.25, 0.3) is 11.8 Å². The number of H-pyrrole nitrogens is 1. The van der Waals surface area contributed by atoms with E-state index in [1.807, 2.05) is 42.5 Å². The van der Waals surface area contributed by atoms with Gasteiger partial charge >= 0.3 is 0 Å². The van der Waals surface area contributed by atoms with E-state index < -0.39 is 23.6 Å². The lowest BCUT2D eigenvalue weighted by atomic mass is 10.0. The lowest BCUT2D eigenvalue weighted by Gasteiger charge is -2.35. The van der Waals surface area contributed by atoms with E-state index in [9.17, 15) is 28.0 Å². The Morgan fingerprint density at radius 1 is 0.889 bits per heavy atom. The molecule has 1 aromatic heterocycles. The summed E-state index contributed by atoms with van der Waals surface area (Å²) in [6, 6.07) is 21.3. The van der Waals surface area contributed by atoms with Crippen molar-refractivity contribution in [3.63, 3.8) is 0 Å². The van der Waals surface area contributed by atoms with Gasteiger partial charge in [-0.25, -0.2) is 8.78 Å². The monoisotopic (exact) mass is 727 g/mol. The molecule has 4 heterocycles. The van der Waals surface area contributed by atoms with Crippen LogP contribution in [0.5, 0.6) is 0 Å². The number of amides is 4. The second-order valence-corrected chi connectivity index (χ2v) is 13.7. The first-order valence-electron chi connectivity index (χ1n) is 17.7. The Morgan fingerprint density at radius 3 is 2.43 bits per heavy atom. The average Bonchev–Trinajstić information content (AvgIpc) is 3.70. The molecule has 0 spiro atoms. The highest BCUT2D eigenvalue weighted by Crippen LogP contribution is 2.29. The van der Waals surface area contributed by atoms with Gasteiger partial charge in [0.2, 0.25) is 11.8 Å². The summed E-state index contributed by atoms with van der Waals surface area (Å²) in [5, 5.41) is 13.1. The zero-order valence-electron chi connectivity index (χ0n) is 29.1. The van der Waals surface area contributed by atoms with Gasteiger partial charge in [0, 0.05) is 73.0 Å². The van der Waals surface area contributed by atoms with Gasteiger partial charge in [-0.1, -0.05) is 17.9 Å². The number of nitrogens with one attached hydrogen (secondary N) is 3. The van der Waals surface area contributed by atoms with E-state index in [1.54, 1.807) is 18.2 Å². The Hall–Kier alpha value is -6.39. The van der Waals surface area contributed by atoms with Crippen LogP contribution in [-0.2, 0) is 22.6 Å². The van der Waals surface area contributed by atoms with Crippen LogP contribution in [0.15, 0.2) is 78.9 Å². The van der Waals surface area contributed by atoms with Crippen molar-refractivity contribution in [1.82, 2.24) is 25.3 Å². The van der Waals surface area contributed by atoms with Crippen molar-refractivity contribution in [3.8, 4) is 11.8 Å². The molecule has 8 rings (SSSR count). The first-order chi connectivity index (χ1) is 26.2. The van der Waals surface area contributed by atoms with E-state index in [0.717, 1.165) is 60.1 Å². The summed E-state index contributed by atoms with van der Waals surface area (Å²) < 4.78 is 27.4. The number of carbonyl (C=O) groups is 4. The molecule has 1 unspecified atom stereocenters. The Labute approximate surface area is 309 Å². The minimum atomic E-state index is -0.644. The van der Waals surface area contributed by atoms with Crippen LogP contribution in [-0.4, -0.2) is 82.4 Å². The number of rotatable bonds is 7. The maximum Gasteiger partial charge on any atom is 0.256 e. The smallest absolute Gasteiger partial charge is 0.256 e. The molecule has 0 radical (unpaired) electrons. The number of anilines is 2. The molecule has 2 saturated heterocycles. The number of piperidine rings is 1. The average molecular weight is 728 g/mol. The number of hydrogen-bond acceptors (Lipinski definition) is 7. The van der Waals surface area contributed by atoms with Crippen molar-refractivity contribution in [2.45, 2.75) is 31.8 Å². The number of imide groups is 1. The Balaban J connectivity index is 0.830. The molecule has 5 aromatic rings. The Morgan fingerprint density at radius 2 is 1.67 bits per heavy atom. The quantitative estimate of drug-likeness (QED) is 0.165. The van der Waals surface area contributed by atoms with E-state index >= 15 is 0 Å².